The normalized spacial score (nSPS) is 10.7. The van der Waals surface area contributed by atoms with Crippen molar-refractivity contribution in [2.24, 2.45) is 0 Å². The van der Waals surface area contributed by atoms with E-state index in [1.165, 1.54) is 0 Å². The van der Waals surface area contributed by atoms with Gasteiger partial charge in [0.25, 0.3) is 5.56 Å². The van der Waals surface area contributed by atoms with Crippen LogP contribution < -0.4 is 20.3 Å². The van der Waals surface area contributed by atoms with Gasteiger partial charge in [-0.25, -0.2) is 0 Å². The Hall–Kier alpha value is -3.28. The first-order valence-corrected chi connectivity index (χ1v) is 9.06. The van der Waals surface area contributed by atoms with E-state index in [2.05, 4.69) is 10.3 Å². The number of hydrogen-bond donors (Lipinski definition) is 2. The number of carbonyl (C=O) groups is 1. The van der Waals surface area contributed by atoms with Crippen LogP contribution in [-0.4, -0.2) is 25.1 Å². The highest BCUT2D eigenvalue weighted by molar-refractivity contribution is 5.91. The second-order valence-electron chi connectivity index (χ2n) is 6.78. The predicted octanol–water partition coefficient (Wildman–Crippen LogP) is 3.73. The van der Waals surface area contributed by atoms with Gasteiger partial charge in [-0.1, -0.05) is 12.1 Å². The number of anilines is 1. The van der Waals surface area contributed by atoms with Crippen LogP contribution in [0.2, 0.25) is 0 Å². The zero-order valence-corrected chi connectivity index (χ0v) is 16.5. The summed E-state index contributed by atoms with van der Waals surface area (Å²) in [6, 6.07) is 11.2. The van der Waals surface area contributed by atoms with Crippen LogP contribution in [0.1, 0.15) is 23.1 Å². The van der Waals surface area contributed by atoms with Gasteiger partial charge < -0.3 is 19.8 Å². The number of aryl methyl sites for hydroxylation is 3. The van der Waals surface area contributed by atoms with Crippen LogP contribution in [0.25, 0.3) is 10.9 Å². The third-order valence-corrected chi connectivity index (χ3v) is 4.71. The number of amides is 1. The Morgan fingerprint density at radius 1 is 1.04 bits per heavy atom. The van der Waals surface area contributed by atoms with Crippen LogP contribution in [0.4, 0.5) is 5.69 Å². The maximum atomic E-state index is 12.4. The van der Waals surface area contributed by atoms with Gasteiger partial charge in [0, 0.05) is 29.1 Å². The van der Waals surface area contributed by atoms with Gasteiger partial charge in [-0.2, -0.15) is 0 Å². The van der Waals surface area contributed by atoms with Gasteiger partial charge in [0.15, 0.2) is 11.5 Å². The molecule has 2 N–H and O–H groups in total. The third kappa shape index (κ3) is 4.17. The van der Waals surface area contributed by atoms with Crippen LogP contribution in [0.5, 0.6) is 11.5 Å². The fraction of sp³-hybridized carbons (Fsp3) is 0.273. The number of nitrogens with one attached hydrogen (secondary N) is 2. The number of pyridine rings is 1. The Balaban J connectivity index is 1.78. The van der Waals surface area contributed by atoms with Crippen molar-refractivity contribution in [1.29, 1.82) is 0 Å². The van der Waals surface area contributed by atoms with Gasteiger partial charge in [0.2, 0.25) is 5.91 Å². The topological polar surface area (TPSA) is 80.4 Å². The lowest BCUT2D eigenvalue weighted by Gasteiger charge is -2.11. The summed E-state index contributed by atoms with van der Waals surface area (Å²) in [6.07, 6.45) is 0.561. The van der Waals surface area contributed by atoms with Gasteiger partial charge >= 0.3 is 0 Å². The first kappa shape index (κ1) is 19.5. The molecular weight excluding hydrogens is 356 g/mol. The number of rotatable bonds is 6. The van der Waals surface area contributed by atoms with E-state index in [1.54, 1.807) is 26.4 Å². The second kappa shape index (κ2) is 8.17. The number of benzene rings is 2. The van der Waals surface area contributed by atoms with E-state index in [0.717, 1.165) is 22.2 Å². The van der Waals surface area contributed by atoms with Gasteiger partial charge in [0.1, 0.15) is 0 Å². The zero-order valence-electron chi connectivity index (χ0n) is 16.5. The summed E-state index contributed by atoms with van der Waals surface area (Å²) in [4.78, 5) is 27.6. The molecule has 6 heteroatoms. The lowest BCUT2D eigenvalue weighted by Crippen LogP contribution is -2.17. The minimum absolute atomic E-state index is 0.125. The minimum Gasteiger partial charge on any atom is -0.493 e. The van der Waals surface area contributed by atoms with Crippen molar-refractivity contribution in [2.75, 3.05) is 19.5 Å². The number of ether oxygens (including phenoxy) is 2. The van der Waals surface area contributed by atoms with Gasteiger partial charge in [0.05, 0.1) is 19.7 Å². The molecule has 3 aromatic rings. The summed E-state index contributed by atoms with van der Waals surface area (Å²) in [5.74, 6) is 1.01. The maximum absolute atomic E-state index is 12.4. The second-order valence-corrected chi connectivity index (χ2v) is 6.78. The molecule has 28 heavy (non-hydrogen) atoms. The monoisotopic (exact) mass is 380 g/mol. The molecular formula is C22H24N2O4. The Bertz CT molecular complexity index is 1090. The smallest absolute Gasteiger partial charge is 0.251 e. The third-order valence-electron chi connectivity index (χ3n) is 4.71. The lowest BCUT2D eigenvalue weighted by molar-refractivity contribution is -0.116. The predicted molar refractivity (Wildman–Crippen MR) is 111 cm³/mol. The molecule has 0 atom stereocenters. The zero-order chi connectivity index (χ0) is 20.3. The molecule has 0 saturated carbocycles. The highest BCUT2D eigenvalue weighted by atomic mass is 16.5. The number of hydrogen-bond acceptors (Lipinski definition) is 4. The number of fused-ring (bicyclic) bond motifs is 1. The van der Waals surface area contributed by atoms with E-state index in [9.17, 15) is 9.59 Å². The Labute approximate surface area is 163 Å². The molecule has 0 fully saturated rings. The van der Waals surface area contributed by atoms with Crippen molar-refractivity contribution in [2.45, 2.75) is 26.7 Å². The minimum atomic E-state index is -0.209. The van der Waals surface area contributed by atoms with Gasteiger partial charge in [-0.3, -0.25) is 9.59 Å². The number of aromatic nitrogens is 1. The summed E-state index contributed by atoms with van der Waals surface area (Å²) in [7, 11) is 3.11. The van der Waals surface area contributed by atoms with E-state index < -0.39 is 0 Å². The molecule has 146 valence electrons. The van der Waals surface area contributed by atoms with Crippen molar-refractivity contribution in [1.82, 2.24) is 4.98 Å². The molecule has 0 spiro atoms. The van der Waals surface area contributed by atoms with Crippen LogP contribution in [0, 0.1) is 13.8 Å². The first-order valence-electron chi connectivity index (χ1n) is 9.06. The fourth-order valence-electron chi connectivity index (χ4n) is 3.10. The van der Waals surface area contributed by atoms with Crippen LogP contribution >= 0.6 is 0 Å². The SMILES string of the molecule is COc1cc2cc(CCC(=O)Nc3cc(C)ccc3C)c(=O)[nH]c2cc1OC. The molecule has 0 radical (unpaired) electrons. The molecule has 0 saturated heterocycles. The van der Waals surface area contributed by atoms with E-state index in [4.69, 9.17) is 9.47 Å². The van der Waals surface area contributed by atoms with Crippen LogP contribution in [0.15, 0.2) is 41.2 Å². The summed E-state index contributed by atoms with van der Waals surface area (Å²) in [5.41, 5.74) is 3.88. The lowest BCUT2D eigenvalue weighted by atomic mass is 10.1. The number of H-pyrrole nitrogens is 1. The van der Waals surface area contributed by atoms with E-state index in [0.29, 0.717) is 29.0 Å². The molecule has 1 aromatic heterocycles. The molecule has 3 rings (SSSR count). The Kier molecular flexibility index (Phi) is 5.68. The first-order chi connectivity index (χ1) is 13.4. The molecule has 1 amide bonds. The molecule has 0 aliphatic carbocycles. The average molecular weight is 380 g/mol. The van der Waals surface area contributed by atoms with Crippen molar-refractivity contribution < 1.29 is 14.3 Å². The fourth-order valence-corrected chi connectivity index (χ4v) is 3.10. The number of carbonyl (C=O) groups excluding carboxylic acids is 1. The summed E-state index contributed by atoms with van der Waals surface area (Å²) in [5, 5.41) is 3.74. The van der Waals surface area contributed by atoms with Gasteiger partial charge in [-0.05, 0) is 49.6 Å². The molecule has 1 heterocycles. The maximum Gasteiger partial charge on any atom is 0.251 e. The van der Waals surface area contributed by atoms with Crippen molar-refractivity contribution >= 4 is 22.5 Å². The quantitative estimate of drug-likeness (QED) is 0.683. The summed E-state index contributed by atoms with van der Waals surface area (Å²) in [6.45, 7) is 3.93. The van der Waals surface area contributed by atoms with Crippen molar-refractivity contribution in [3.05, 3.63) is 63.4 Å². The number of methoxy groups -OCH3 is 2. The molecule has 0 aliphatic rings. The van der Waals surface area contributed by atoms with E-state index >= 15 is 0 Å². The van der Waals surface area contributed by atoms with Crippen molar-refractivity contribution in [3.8, 4) is 11.5 Å². The van der Waals surface area contributed by atoms with Crippen molar-refractivity contribution in [3.63, 3.8) is 0 Å². The van der Waals surface area contributed by atoms with Crippen LogP contribution in [0.3, 0.4) is 0 Å². The van der Waals surface area contributed by atoms with E-state index in [1.807, 2.05) is 38.1 Å². The summed E-state index contributed by atoms with van der Waals surface area (Å²) >= 11 is 0. The van der Waals surface area contributed by atoms with Gasteiger partial charge in [-0.15, -0.1) is 0 Å². The molecule has 0 unspecified atom stereocenters. The standard InChI is InChI=1S/C22H24N2O4/c1-13-5-6-14(2)17(9-13)23-21(25)8-7-15-10-16-11-19(27-3)20(28-4)12-18(16)24-22(15)26/h5-6,9-12H,7-8H2,1-4H3,(H,23,25)(H,24,26). The summed E-state index contributed by atoms with van der Waals surface area (Å²) < 4.78 is 10.6. The van der Waals surface area contributed by atoms with E-state index in [-0.39, 0.29) is 17.9 Å². The molecule has 0 aliphatic heterocycles. The molecule has 2 aromatic carbocycles. The largest absolute Gasteiger partial charge is 0.493 e. The number of aromatic amines is 1. The highest BCUT2D eigenvalue weighted by Gasteiger charge is 2.11. The van der Waals surface area contributed by atoms with Crippen LogP contribution in [-0.2, 0) is 11.2 Å². The Morgan fingerprint density at radius 2 is 1.75 bits per heavy atom. The highest BCUT2D eigenvalue weighted by Crippen LogP contribution is 2.31. The Morgan fingerprint density at radius 3 is 2.46 bits per heavy atom. The average Bonchev–Trinajstić information content (AvgIpc) is 2.68. The molecule has 0 bridgehead atoms. The molecule has 6 nitrogen and oxygen atoms in total.